The van der Waals surface area contributed by atoms with Crippen molar-refractivity contribution in [2.45, 2.75) is 18.9 Å². The minimum atomic E-state index is -1.32. The maximum absolute atomic E-state index is 13.9. The van der Waals surface area contributed by atoms with Crippen molar-refractivity contribution >= 4 is 17.3 Å². The van der Waals surface area contributed by atoms with Crippen LogP contribution >= 0.6 is 0 Å². The Kier molecular flexibility index (Phi) is 3.82. The number of methoxy groups -OCH3 is 1. The van der Waals surface area contributed by atoms with E-state index in [-0.39, 0.29) is 12.6 Å². The smallest absolute Gasteiger partial charge is 0.325 e. The monoisotopic (exact) mass is 286 g/mol. The highest BCUT2D eigenvalue weighted by atomic mass is 19.2. The number of hydrogen-bond acceptors (Lipinski definition) is 5. The number of carbonyl (C=O) groups excluding carboxylic acids is 1. The van der Waals surface area contributed by atoms with E-state index in [4.69, 9.17) is 0 Å². The van der Waals surface area contributed by atoms with Gasteiger partial charge in [0, 0.05) is 12.1 Å². The van der Waals surface area contributed by atoms with Crippen LogP contribution in [0.4, 0.5) is 20.2 Å². The molecular formula is C12H12F2N2O4. The average molecular weight is 286 g/mol. The van der Waals surface area contributed by atoms with Crippen LogP contribution in [0.2, 0.25) is 0 Å². The van der Waals surface area contributed by atoms with Gasteiger partial charge in [-0.15, -0.1) is 0 Å². The van der Waals surface area contributed by atoms with Crippen LogP contribution in [-0.2, 0) is 9.53 Å². The second kappa shape index (κ2) is 5.40. The molecule has 1 aromatic rings. The minimum absolute atomic E-state index is 0.218. The van der Waals surface area contributed by atoms with Gasteiger partial charge in [-0.1, -0.05) is 0 Å². The molecule has 2 rings (SSSR count). The van der Waals surface area contributed by atoms with Crippen molar-refractivity contribution in [3.8, 4) is 0 Å². The van der Waals surface area contributed by atoms with Crippen molar-refractivity contribution in [3.05, 3.63) is 33.9 Å². The zero-order valence-electron chi connectivity index (χ0n) is 10.6. The van der Waals surface area contributed by atoms with Gasteiger partial charge in [-0.2, -0.15) is 0 Å². The number of esters is 1. The number of rotatable bonds is 5. The molecule has 0 heterocycles. The van der Waals surface area contributed by atoms with Crippen molar-refractivity contribution < 1.29 is 23.2 Å². The van der Waals surface area contributed by atoms with Crippen molar-refractivity contribution in [1.82, 2.24) is 0 Å². The Morgan fingerprint density at radius 3 is 2.65 bits per heavy atom. The van der Waals surface area contributed by atoms with Gasteiger partial charge in [-0.05, 0) is 18.9 Å². The first-order valence-electron chi connectivity index (χ1n) is 5.91. The molecule has 6 nitrogen and oxygen atoms in total. The van der Waals surface area contributed by atoms with E-state index in [1.54, 1.807) is 0 Å². The fraction of sp³-hybridized carbons (Fsp3) is 0.417. The molecular weight excluding hydrogens is 274 g/mol. The molecule has 0 N–H and O–H groups in total. The van der Waals surface area contributed by atoms with Gasteiger partial charge in [0.1, 0.15) is 6.54 Å². The molecule has 8 heteroatoms. The van der Waals surface area contributed by atoms with Gasteiger partial charge in [0.15, 0.2) is 17.3 Å². The van der Waals surface area contributed by atoms with Crippen LogP contribution in [0.1, 0.15) is 12.8 Å². The van der Waals surface area contributed by atoms with Crippen molar-refractivity contribution in [1.29, 1.82) is 0 Å². The summed E-state index contributed by atoms with van der Waals surface area (Å²) in [6.45, 7) is -0.359. The quantitative estimate of drug-likeness (QED) is 0.470. The van der Waals surface area contributed by atoms with Gasteiger partial charge in [-0.25, -0.2) is 8.78 Å². The number of nitro groups is 1. The minimum Gasteiger partial charge on any atom is -0.468 e. The van der Waals surface area contributed by atoms with Crippen LogP contribution in [0.15, 0.2) is 12.1 Å². The summed E-state index contributed by atoms with van der Waals surface area (Å²) in [6.07, 6.45) is 1.31. The third-order valence-electron chi connectivity index (χ3n) is 3.05. The first-order valence-corrected chi connectivity index (χ1v) is 5.91. The third kappa shape index (κ3) is 2.68. The van der Waals surface area contributed by atoms with Crippen LogP contribution in [0.25, 0.3) is 0 Å². The Balaban J connectivity index is 2.48. The molecule has 0 amide bonds. The molecule has 0 unspecified atom stereocenters. The van der Waals surface area contributed by atoms with E-state index >= 15 is 0 Å². The maximum atomic E-state index is 13.9. The summed E-state index contributed by atoms with van der Waals surface area (Å²) in [4.78, 5) is 22.7. The summed E-state index contributed by atoms with van der Waals surface area (Å²) in [6, 6.07) is 1.37. The molecule has 0 aromatic heterocycles. The zero-order valence-corrected chi connectivity index (χ0v) is 10.6. The van der Waals surface area contributed by atoms with E-state index in [0.29, 0.717) is 18.9 Å². The number of nitro benzene ring substituents is 1. The summed E-state index contributed by atoms with van der Waals surface area (Å²) in [7, 11) is 1.16. The van der Waals surface area contributed by atoms with Crippen molar-refractivity contribution in [3.63, 3.8) is 0 Å². The van der Waals surface area contributed by atoms with Crippen LogP contribution in [0, 0.1) is 21.7 Å². The largest absolute Gasteiger partial charge is 0.468 e. The number of halogens is 2. The lowest BCUT2D eigenvalue weighted by Crippen LogP contribution is -2.34. The van der Waals surface area contributed by atoms with Crippen molar-refractivity contribution in [2.75, 3.05) is 18.6 Å². The Labute approximate surface area is 113 Å². The summed E-state index contributed by atoms with van der Waals surface area (Å²) >= 11 is 0. The van der Waals surface area contributed by atoms with Gasteiger partial charge in [0.05, 0.1) is 12.0 Å². The Morgan fingerprint density at radius 2 is 2.15 bits per heavy atom. The molecule has 0 atom stereocenters. The molecule has 1 aromatic carbocycles. The van der Waals surface area contributed by atoms with E-state index in [2.05, 4.69) is 4.74 Å². The average Bonchev–Trinajstić information content (AvgIpc) is 3.23. The highest BCUT2D eigenvalue weighted by Gasteiger charge is 2.37. The fourth-order valence-electron chi connectivity index (χ4n) is 1.93. The SMILES string of the molecule is COC(=O)CN(c1c([N+](=O)[O-])ccc(F)c1F)C1CC1. The Bertz CT molecular complexity index is 561. The number of anilines is 1. The van der Waals surface area contributed by atoms with E-state index in [0.717, 1.165) is 13.2 Å². The van der Waals surface area contributed by atoms with Gasteiger partial charge in [0.2, 0.25) is 0 Å². The van der Waals surface area contributed by atoms with Crippen molar-refractivity contribution in [2.24, 2.45) is 0 Å². The predicted octanol–water partition coefficient (Wildman–Crippen LogP) is 2.01. The number of ether oxygens (including phenoxy) is 1. The number of carbonyl (C=O) groups is 1. The lowest BCUT2D eigenvalue weighted by Gasteiger charge is -2.23. The molecule has 0 spiro atoms. The highest BCUT2D eigenvalue weighted by molar-refractivity contribution is 5.78. The lowest BCUT2D eigenvalue weighted by atomic mass is 10.2. The standard InChI is InChI=1S/C12H12F2N2O4/c1-20-10(17)6-15(7-2-3-7)12-9(16(18)19)5-4-8(13)11(12)14/h4-5,7H,2-3,6H2,1H3. The molecule has 1 saturated carbocycles. The molecule has 1 aliphatic rings. The van der Waals surface area contributed by atoms with Crippen LogP contribution < -0.4 is 4.90 Å². The number of hydrogen-bond donors (Lipinski definition) is 0. The molecule has 0 saturated heterocycles. The number of nitrogens with zero attached hydrogens (tertiary/aromatic N) is 2. The Morgan fingerprint density at radius 1 is 1.50 bits per heavy atom. The molecule has 0 radical (unpaired) electrons. The summed E-state index contributed by atoms with van der Waals surface area (Å²) in [5, 5.41) is 11.0. The number of benzene rings is 1. The first-order chi connectivity index (χ1) is 9.45. The molecule has 1 aliphatic carbocycles. The van der Waals surface area contributed by atoms with Gasteiger partial charge in [0.25, 0.3) is 5.69 Å². The predicted molar refractivity (Wildman–Crippen MR) is 65.4 cm³/mol. The first kappa shape index (κ1) is 14.2. The maximum Gasteiger partial charge on any atom is 0.325 e. The molecule has 0 aliphatic heterocycles. The second-order valence-corrected chi connectivity index (χ2v) is 4.42. The second-order valence-electron chi connectivity index (χ2n) is 4.42. The lowest BCUT2D eigenvalue weighted by molar-refractivity contribution is -0.384. The highest BCUT2D eigenvalue weighted by Crippen LogP contribution is 2.39. The summed E-state index contributed by atoms with van der Waals surface area (Å²) in [5.41, 5.74) is -1.07. The zero-order chi connectivity index (χ0) is 14.9. The molecule has 0 bridgehead atoms. The topological polar surface area (TPSA) is 72.7 Å². The van der Waals surface area contributed by atoms with Crippen LogP contribution in [-0.4, -0.2) is 30.6 Å². The van der Waals surface area contributed by atoms with E-state index in [1.807, 2.05) is 0 Å². The molecule has 1 fully saturated rings. The fourth-order valence-corrected chi connectivity index (χ4v) is 1.93. The normalized spacial score (nSPS) is 13.9. The molecule has 20 heavy (non-hydrogen) atoms. The molecule has 108 valence electrons. The Hall–Kier alpha value is -2.25. The van der Waals surface area contributed by atoms with Gasteiger partial charge >= 0.3 is 5.97 Å². The van der Waals surface area contributed by atoms with E-state index in [9.17, 15) is 23.7 Å². The summed E-state index contributed by atoms with van der Waals surface area (Å²) < 4.78 is 31.8. The van der Waals surface area contributed by atoms with Gasteiger partial charge in [-0.3, -0.25) is 14.9 Å². The van der Waals surface area contributed by atoms with Crippen LogP contribution in [0.5, 0.6) is 0 Å². The van der Waals surface area contributed by atoms with E-state index < -0.39 is 33.9 Å². The van der Waals surface area contributed by atoms with E-state index in [1.165, 1.54) is 4.90 Å². The third-order valence-corrected chi connectivity index (χ3v) is 3.05. The summed E-state index contributed by atoms with van der Waals surface area (Å²) in [5.74, 6) is -3.19. The van der Waals surface area contributed by atoms with Crippen LogP contribution in [0.3, 0.4) is 0 Å². The van der Waals surface area contributed by atoms with Gasteiger partial charge < -0.3 is 9.64 Å².